The van der Waals surface area contributed by atoms with Gasteiger partial charge < -0.3 is 15.2 Å². The zero-order valence-corrected chi connectivity index (χ0v) is 15.5. The molecule has 1 heterocycles. The van der Waals surface area contributed by atoms with E-state index in [1.54, 1.807) is 0 Å². The van der Waals surface area contributed by atoms with Crippen LogP contribution in [0.1, 0.15) is 28.8 Å². The Bertz CT molecular complexity index is 894. The third-order valence-electron chi connectivity index (χ3n) is 4.37. The van der Waals surface area contributed by atoms with Gasteiger partial charge in [0.2, 0.25) is 10.0 Å². The molecular weight excluding hydrogens is 368 g/mol. The van der Waals surface area contributed by atoms with Crippen molar-refractivity contribution in [2.45, 2.75) is 30.4 Å². The maximum absolute atomic E-state index is 12.8. The molecule has 2 aromatic rings. The zero-order chi connectivity index (χ0) is 19.3. The van der Waals surface area contributed by atoms with E-state index in [2.05, 4.69) is 10.0 Å². The Hall–Kier alpha value is -2.42. The highest BCUT2D eigenvalue weighted by atomic mass is 32.2. The van der Waals surface area contributed by atoms with Crippen molar-refractivity contribution in [1.29, 1.82) is 0 Å². The Morgan fingerprint density at radius 1 is 1.19 bits per heavy atom. The van der Waals surface area contributed by atoms with Crippen LogP contribution in [-0.2, 0) is 21.3 Å². The molecule has 7 nitrogen and oxygen atoms in total. The molecule has 1 saturated heterocycles. The van der Waals surface area contributed by atoms with Gasteiger partial charge in [0.15, 0.2) is 0 Å². The van der Waals surface area contributed by atoms with E-state index in [1.165, 1.54) is 18.2 Å². The Morgan fingerprint density at radius 2 is 1.96 bits per heavy atom. The van der Waals surface area contributed by atoms with Gasteiger partial charge in [-0.1, -0.05) is 30.3 Å². The van der Waals surface area contributed by atoms with Crippen molar-refractivity contribution in [3.63, 3.8) is 0 Å². The first-order valence-corrected chi connectivity index (χ1v) is 10.2. The van der Waals surface area contributed by atoms with Crippen molar-refractivity contribution in [2.75, 3.05) is 18.5 Å². The lowest BCUT2D eigenvalue weighted by molar-refractivity contribution is 0.0696. The Balaban J connectivity index is 1.83. The molecule has 0 aliphatic carbocycles. The summed E-state index contributed by atoms with van der Waals surface area (Å²) in [5.41, 5.74) is 1.25. The molecular formula is C19H22N2O5S. The molecule has 0 saturated carbocycles. The second-order valence-corrected chi connectivity index (χ2v) is 8.08. The standard InChI is InChI=1S/C19H22N2O5S/c22-19(23)15-8-9-17(20-12-14-5-2-1-3-6-14)18(11-15)27(24,25)21-13-16-7-4-10-26-16/h1-3,5-6,8-9,11,16,20-21H,4,7,10,12-13H2,(H,22,23). The van der Waals surface area contributed by atoms with Gasteiger partial charge in [-0.3, -0.25) is 0 Å². The molecule has 0 aromatic heterocycles. The number of aromatic carboxylic acids is 1. The van der Waals surface area contributed by atoms with Crippen LogP contribution < -0.4 is 10.0 Å². The van der Waals surface area contributed by atoms with Crippen molar-refractivity contribution in [3.8, 4) is 0 Å². The van der Waals surface area contributed by atoms with E-state index in [0.29, 0.717) is 18.8 Å². The maximum Gasteiger partial charge on any atom is 0.335 e. The summed E-state index contributed by atoms with van der Waals surface area (Å²) in [4.78, 5) is 11.2. The number of rotatable bonds is 8. The number of carboxylic acid groups (broad SMARTS) is 1. The fraction of sp³-hybridized carbons (Fsp3) is 0.316. The van der Waals surface area contributed by atoms with Crippen molar-refractivity contribution in [2.24, 2.45) is 0 Å². The van der Waals surface area contributed by atoms with Crippen molar-refractivity contribution >= 4 is 21.7 Å². The fourth-order valence-corrected chi connectivity index (χ4v) is 4.18. The van der Waals surface area contributed by atoms with Crippen LogP contribution in [0.2, 0.25) is 0 Å². The predicted molar refractivity (Wildman–Crippen MR) is 101 cm³/mol. The van der Waals surface area contributed by atoms with Gasteiger partial charge in [0, 0.05) is 19.7 Å². The topological polar surface area (TPSA) is 105 Å². The molecule has 1 unspecified atom stereocenters. The zero-order valence-electron chi connectivity index (χ0n) is 14.7. The summed E-state index contributed by atoms with van der Waals surface area (Å²) in [5, 5.41) is 12.3. The second kappa shape index (κ2) is 8.51. The normalized spacial score (nSPS) is 17.0. The fourth-order valence-electron chi connectivity index (χ4n) is 2.90. The summed E-state index contributed by atoms with van der Waals surface area (Å²) >= 11 is 0. The molecule has 3 N–H and O–H groups in total. The summed E-state index contributed by atoms with van der Waals surface area (Å²) in [6, 6.07) is 13.6. The maximum atomic E-state index is 12.8. The highest BCUT2D eigenvalue weighted by molar-refractivity contribution is 7.89. The Kier molecular flexibility index (Phi) is 6.10. The minimum atomic E-state index is -3.89. The number of carboxylic acids is 1. The quantitative estimate of drug-likeness (QED) is 0.640. The Labute approximate surface area is 158 Å². The first-order chi connectivity index (χ1) is 13.0. The lowest BCUT2D eigenvalue weighted by Crippen LogP contribution is -2.32. The van der Waals surface area contributed by atoms with Gasteiger partial charge >= 0.3 is 5.97 Å². The monoisotopic (exact) mass is 390 g/mol. The highest BCUT2D eigenvalue weighted by Crippen LogP contribution is 2.24. The smallest absolute Gasteiger partial charge is 0.335 e. The Morgan fingerprint density at radius 3 is 2.63 bits per heavy atom. The summed E-state index contributed by atoms with van der Waals surface area (Å²) < 4.78 is 33.6. The van der Waals surface area contributed by atoms with E-state index < -0.39 is 16.0 Å². The van der Waals surface area contributed by atoms with Gasteiger partial charge in [-0.2, -0.15) is 0 Å². The van der Waals surface area contributed by atoms with Gasteiger partial charge in [-0.15, -0.1) is 0 Å². The molecule has 3 rings (SSSR count). The molecule has 144 valence electrons. The van der Waals surface area contributed by atoms with Crippen LogP contribution in [0.15, 0.2) is 53.4 Å². The molecule has 0 radical (unpaired) electrons. The first-order valence-electron chi connectivity index (χ1n) is 8.72. The lowest BCUT2D eigenvalue weighted by atomic mass is 10.2. The van der Waals surface area contributed by atoms with Gasteiger partial charge in [0.05, 0.1) is 17.4 Å². The number of benzene rings is 2. The number of ether oxygens (including phenoxy) is 1. The molecule has 27 heavy (non-hydrogen) atoms. The predicted octanol–water partition coefficient (Wildman–Crippen LogP) is 2.45. The van der Waals surface area contributed by atoms with Crippen LogP contribution in [0, 0.1) is 0 Å². The lowest BCUT2D eigenvalue weighted by Gasteiger charge is -2.16. The van der Waals surface area contributed by atoms with Crippen molar-refractivity contribution < 1.29 is 23.1 Å². The van der Waals surface area contributed by atoms with E-state index in [1.807, 2.05) is 30.3 Å². The van der Waals surface area contributed by atoms with Gasteiger partial charge in [0.25, 0.3) is 0 Å². The molecule has 1 aliphatic heterocycles. The molecule has 1 aliphatic rings. The summed E-state index contributed by atoms with van der Waals surface area (Å²) in [6.07, 6.45) is 1.56. The van der Waals surface area contributed by atoms with E-state index >= 15 is 0 Å². The van der Waals surface area contributed by atoms with Crippen molar-refractivity contribution in [3.05, 3.63) is 59.7 Å². The van der Waals surface area contributed by atoms with Crippen LogP contribution in [0.25, 0.3) is 0 Å². The van der Waals surface area contributed by atoms with E-state index in [4.69, 9.17) is 4.74 Å². The van der Waals surface area contributed by atoms with Gasteiger partial charge in [-0.05, 0) is 36.6 Å². The van der Waals surface area contributed by atoms with Crippen LogP contribution in [0.3, 0.4) is 0 Å². The summed E-state index contributed by atoms with van der Waals surface area (Å²) in [5.74, 6) is -1.18. The number of anilines is 1. The molecule has 8 heteroatoms. The minimum Gasteiger partial charge on any atom is -0.478 e. The number of carbonyl (C=O) groups is 1. The van der Waals surface area contributed by atoms with Crippen LogP contribution in [-0.4, -0.2) is 38.7 Å². The third-order valence-corrected chi connectivity index (χ3v) is 5.83. The molecule has 0 bridgehead atoms. The summed E-state index contributed by atoms with van der Waals surface area (Å²) in [6.45, 7) is 1.21. The average molecular weight is 390 g/mol. The van der Waals surface area contributed by atoms with Crippen LogP contribution in [0.5, 0.6) is 0 Å². The number of nitrogens with one attached hydrogen (secondary N) is 2. The number of hydrogen-bond donors (Lipinski definition) is 3. The van der Waals surface area contributed by atoms with Crippen LogP contribution >= 0.6 is 0 Å². The van der Waals surface area contributed by atoms with Gasteiger partial charge in [0.1, 0.15) is 4.90 Å². The molecule has 1 fully saturated rings. The summed E-state index contributed by atoms with van der Waals surface area (Å²) in [7, 11) is -3.89. The molecule has 1 atom stereocenters. The van der Waals surface area contributed by atoms with E-state index in [0.717, 1.165) is 18.4 Å². The van der Waals surface area contributed by atoms with Crippen LogP contribution in [0.4, 0.5) is 5.69 Å². The molecule has 2 aromatic carbocycles. The SMILES string of the molecule is O=C(O)c1ccc(NCc2ccccc2)c(S(=O)(=O)NCC2CCCO2)c1. The van der Waals surface area contributed by atoms with Crippen molar-refractivity contribution in [1.82, 2.24) is 4.72 Å². The van der Waals surface area contributed by atoms with Gasteiger partial charge in [-0.25, -0.2) is 17.9 Å². The number of sulfonamides is 1. The average Bonchev–Trinajstić information content (AvgIpc) is 3.19. The van der Waals surface area contributed by atoms with E-state index in [-0.39, 0.29) is 23.1 Å². The first kappa shape index (κ1) is 19.3. The second-order valence-electron chi connectivity index (χ2n) is 6.34. The molecule has 0 spiro atoms. The third kappa shape index (κ3) is 5.06. The largest absolute Gasteiger partial charge is 0.478 e. The minimum absolute atomic E-state index is 0.0854. The molecule has 0 amide bonds. The highest BCUT2D eigenvalue weighted by Gasteiger charge is 2.23. The van der Waals surface area contributed by atoms with E-state index in [9.17, 15) is 18.3 Å². The number of hydrogen-bond acceptors (Lipinski definition) is 5.